The minimum Gasteiger partial charge on any atom is -0.271 e. The van der Waals surface area contributed by atoms with Crippen molar-refractivity contribution in [2.24, 2.45) is 5.10 Å². The molecule has 0 N–H and O–H groups in total. The predicted octanol–water partition coefficient (Wildman–Crippen LogP) is 3.24. The molecule has 0 bridgehead atoms. The van der Waals surface area contributed by atoms with Crippen LogP contribution in [-0.4, -0.2) is 44.7 Å². The van der Waals surface area contributed by atoms with Gasteiger partial charge in [-0.2, -0.15) is 18.3 Å². The predicted molar refractivity (Wildman–Crippen MR) is 101 cm³/mol. The number of hydrogen-bond donors (Lipinski definition) is 0. The first-order valence-electron chi connectivity index (χ1n) is 8.29. The highest BCUT2D eigenvalue weighted by atomic mass is 32.2. The summed E-state index contributed by atoms with van der Waals surface area (Å²) in [5.41, 5.74) is -1.58. The number of halogens is 3. The Kier molecular flexibility index (Phi) is 4.98. The fourth-order valence-electron chi connectivity index (χ4n) is 3.64. The van der Waals surface area contributed by atoms with Crippen LogP contribution in [0.3, 0.4) is 0 Å². The molecule has 1 heterocycles. The third kappa shape index (κ3) is 3.27. The normalized spacial score (nSPS) is 22.2. The maximum absolute atomic E-state index is 14.3. The Morgan fingerprint density at radius 3 is 2.32 bits per heavy atom. The highest BCUT2D eigenvalue weighted by molar-refractivity contribution is 7.90. The molecule has 2 unspecified atom stereocenters. The first-order valence-corrected chi connectivity index (χ1v) is 10.2. The van der Waals surface area contributed by atoms with Crippen LogP contribution in [0.1, 0.15) is 11.1 Å². The van der Waals surface area contributed by atoms with Crippen molar-refractivity contribution in [3.8, 4) is 12.3 Å². The Hall–Kier alpha value is -2.79. The van der Waals surface area contributed by atoms with Gasteiger partial charge in [-0.05, 0) is 17.2 Å². The summed E-state index contributed by atoms with van der Waals surface area (Å²) in [6.45, 7) is -0.365. The molecule has 28 heavy (non-hydrogen) atoms. The van der Waals surface area contributed by atoms with E-state index in [0.29, 0.717) is 0 Å². The summed E-state index contributed by atoms with van der Waals surface area (Å²) in [5.74, 6) is 2.19. The van der Waals surface area contributed by atoms with Crippen molar-refractivity contribution >= 4 is 16.1 Å². The summed E-state index contributed by atoms with van der Waals surface area (Å²) in [6.07, 6.45) is 2.65. The number of sulfone groups is 1. The monoisotopic (exact) mass is 406 g/mol. The summed E-state index contributed by atoms with van der Waals surface area (Å²) in [7, 11) is -3.80. The minimum absolute atomic E-state index is 0.00861. The number of hydrogen-bond acceptors (Lipinski definition) is 4. The van der Waals surface area contributed by atoms with Crippen molar-refractivity contribution in [1.82, 2.24) is 5.01 Å². The zero-order chi connectivity index (χ0) is 20.6. The van der Waals surface area contributed by atoms with E-state index >= 15 is 0 Å². The Morgan fingerprint density at radius 1 is 1.14 bits per heavy atom. The number of nitrogens with zero attached hydrogens (tertiary/aromatic N) is 2. The SMILES string of the molecule is C#CCN1N=CC(c2ccccc2)(c2ccccc2S(C)(=O)=O)C1C(F)(F)F. The molecule has 0 spiro atoms. The van der Waals surface area contributed by atoms with Gasteiger partial charge in [0, 0.05) is 12.5 Å². The second-order valence-corrected chi connectivity index (χ2v) is 8.48. The Balaban J connectivity index is 2.41. The molecule has 0 aromatic heterocycles. The fraction of sp³-hybridized carbons (Fsp3) is 0.250. The molecule has 0 saturated heterocycles. The van der Waals surface area contributed by atoms with E-state index in [1.807, 2.05) is 0 Å². The van der Waals surface area contributed by atoms with E-state index in [1.54, 1.807) is 18.2 Å². The smallest absolute Gasteiger partial charge is 0.271 e. The molecule has 0 amide bonds. The summed E-state index contributed by atoms with van der Waals surface area (Å²) in [4.78, 5) is -0.179. The van der Waals surface area contributed by atoms with Crippen LogP contribution < -0.4 is 0 Å². The second kappa shape index (κ2) is 6.99. The van der Waals surface area contributed by atoms with Gasteiger partial charge >= 0.3 is 6.18 Å². The Bertz CT molecular complexity index is 1040. The maximum Gasteiger partial charge on any atom is 0.412 e. The van der Waals surface area contributed by atoms with Gasteiger partial charge in [0.2, 0.25) is 0 Å². The molecular formula is C20H17F3N2O2S. The lowest BCUT2D eigenvalue weighted by atomic mass is 9.70. The number of hydrazone groups is 1. The molecule has 4 nitrogen and oxygen atoms in total. The van der Waals surface area contributed by atoms with Gasteiger partial charge in [-0.25, -0.2) is 8.42 Å². The second-order valence-electron chi connectivity index (χ2n) is 6.49. The molecule has 2 atom stereocenters. The molecule has 1 aliphatic rings. The van der Waals surface area contributed by atoms with Crippen molar-refractivity contribution < 1.29 is 21.6 Å². The summed E-state index contributed by atoms with van der Waals surface area (Å²) in [6, 6.07) is 11.5. The zero-order valence-electron chi connectivity index (χ0n) is 14.9. The zero-order valence-corrected chi connectivity index (χ0v) is 15.7. The highest BCUT2D eigenvalue weighted by Gasteiger charge is 2.61. The van der Waals surface area contributed by atoms with Gasteiger partial charge in [0.15, 0.2) is 15.9 Å². The van der Waals surface area contributed by atoms with E-state index in [4.69, 9.17) is 6.42 Å². The number of benzene rings is 2. The Labute approximate surface area is 161 Å². The van der Waals surface area contributed by atoms with Gasteiger partial charge in [-0.15, -0.1) is 6.42 Å². The number of rotatable bonds is 4. The van der Waals surface area contributed by atoms with E-state index in [2.05, 4.69) is 11.0 Å². The molecule has 0 fully saturated rings. The van der Waals surface area contributed by atoms with E-state index in [1.165, 1.54) is 36.4 Å². The molecular weight excluding hydrogens is 389 g/mol. The molecule has 0 radical (unpaired) electrons. The topological polar surface area (TPSA) is 49.7 Å². The molecule has 2 aromatic carbocycles. The quantitative estimate of drug-likeness (QED) is 0.733. The minimum atomic E-state index is -4.73. The van der Waals surface area contributed by atoms with Crippen LogP contribution in [-0.2, 0) is 15.3 Å². The first-order chi connectivity index (χ1) is 13.1. The van der Waals surface area contributed by atoms with Gasteiger partial charge in [-0.3, -0.25) is 5.01 Å². The van der Waals surface area contributed by atoms with Crippen LogP contribution in [0.2, 0.25) is 0 Å². The molecule has 8 heteroatoms. The van der Waals surface area contributed by atoms with Crippen molar-refractivity contribution in [1.29, 1.82) is 0 Å². The van der Waals surface area contributed by atoms with Gasteiger partial charge in [-0.1, -0.05) is 54.5 Å². The molecule has 3 rings (SSSR count). The molecule has 0 saturated carbocycles. The molecule has 0 aliphatic carbocycles. The molecule has 146 valence electrons. The maximum atomic E-state index is 14.3. The fourth-order valence-corrected chi connectivity index (χ4v) is 4.60. The summed E-state index contributed by atoms with van der Waals surface area (Å²) < 4.78 is 67.6. The van der Waals surface area contributed by atoms with E-state index in [9.17, 15) is 21.6 Å². The van der Waals surface area contributed by atoms with E-state index < -0.39 is 27.5 Å². The first kappa shape index (κ1) is 20.0. The third-order valence-corrected chi connectivity index (χ3v) is 5.84. The van der Waals surface area contributed by atoms with Crippen molar-refractivity contribution in [2.75, 3.05) is 12.8 Å². The van der Waals surface area contributed by atoms with Gasteiger partial charge in [0.1, 0.15) is 0 Å². The standard InChI is InChI=1S/C20H17F3N2O2S/c1-3-13-25-18(20(21,22)23)19(14-24-25,15-9-5-4-6-10-15)16-11-7-8-12-17(16)28(2,26)27/h1,4-12,14,18H,13H2,2H3. The third-order valence-electron chi connectivity index (χ3n) is 4.69. The van der Waals surface area contributed by atoms with E-state index in [0.717, 1.165) is 17.5 Å². The van der Waals surface area contributed by atoms with Gasteiger partial charge in [0.05, 0.1) is 16.9 Å². The van der Waals surface area contributed by atoms with Crippen LogP contribution in [0.25, 0.3) is 0 Å². The highest BCUT2D eigenvalue weighted by Crippen LogP contribution is 2.48. The van der Waals surface area contributed by atoms with Crippen molar-refractivity contribution in [3.63, 3.8) is 0 Å². The van der Waals surface area contributed by atoms with Crippen LogP contribution in [0.5, 0.6) is 0 Å². The molecule has 1 aliphatic heterocycles. The number of alkyl halides is 3. The van der Waals surface area contributed by atoms with Crippen LogP contribution in [0.4, 0.5) is 13.2 Å². The Morgan fingerprint density at radius 2 is 1.75 bits per heavy atom. The molecule has 2 aromatic rings. The van der Waals surface area contributed by atoms with Crippen LogP contribution in [0.15, 0.2) is 64.6 Å². The average Bonchev–Trinajstić information content (AvgIpc) is 3.03. The summed E-state index contributed by atoms with van der Waals surface area (Å²) in [5, 5.41) is 4.74. The van der Waals surface area contributed by atoms with E-state index in [-0.39, 0.29) is 22.6 Å². The lowest BCUT2D eigenvalue weighted by Crippen LogP contribution is -2.54. The summed E-state index contributed by atoms with van der Waals surface area (Å²) >= 11 is 0. The lowest BCUT2D eigenvalue weighted by molar-refractivity contribution is -0.186. The lowest BCUT2D eigenvalue weighted by Gasteiger charge is -2.39. The van der Waals surface area contributed by atoms with Crippen LogP contribution in [0, 0.1) is 12.3 Å². The largest absolute Gasteiger partial charge is 0.412 e. The van der Waals surface area contributed by atoms with Crippen LogP contribution >= 0.6 is 0 Å². The van der Waals surface area contributed by atoms with Gasteiger partial charge in [0.25, 0.3) is 0 Å². The van der Waals surface area contributed by atoms with Crippen molar-refractivity contribution in [3.05, 3.63) is 65.7 Å². The number of terminal acetylenes is 1. The average molecular weight is 406 g/mol. The van der Waals surface area contributed by atoms with Gasteiger partial charge < -0.3 is 0 Å². The van der Waals surface area contributed by atoms with Crippen molar-refractivity contribution in [2.45, 2.75) is 22.5 Å².